The molecule has 3 saturated heterocycles. The van der Waals surface area contributed by atoms with Gasteiger partial charge in [-0.2, -0.15) is 4.31 Å². The highest BCUT2D eigenvalue weighted by molar-refractivity contribution is 7.91. The lowest BCUT2D eigenvalue weighted by atomic mass is 10.1. The molecule has 3 aliphatic rings. The van der Waals surface area contributed by atoms with Gasteiger partial charge in [-0.25, -0.2) is 13.4 Å². The van der Waals surface area contributed by atoms with Crippen LogP contribution in [0.25, 0.3) is 10.6 Å². The van der Waals surface area contributed by atoms with E-state index in [1.165, 1.54) is 27.0 Å². The third-order valence-electron chi connectivity index (χ3n) is 6.10. The Morgan fingerprint density at radius 2 is 1.81 bits per heavy atom. The number of thiazole rings is 1. The van der Waals surface area contributed by atoms with Gasteiger partial charge in [-0.15, -0.1) is 22.7 Å². The molecule has 1 spiro atoms. The van der Waals surface area contributed by atoms with Crippen LogP contribution in [0, 0.1) is 6.92 Å². The Hall–Kier alpha value is -1.37. The average Bonchev–Trinajstić information content (AvgIpc) is 3.55. The number of rotatable bonds is 4. The number of thiophene rings is 1. The average molecular weight is 484 g/mol. The number of carbonyl (C=O) groups is 1. The van der Waals surface area contributed by atoms with Gasteiger partial charge >= 0.3 is 0 Å². The van der Waals surface area contributed by atoms with E-state index in [0.29, 0.717) is 58.9 Å². The monoisotopic (exact) mass is 483 g/mol. The van der Waals surface area contributed by atoms with Crippen molar-refractivity contribution >= 4 is 38.6 Å². The first-order valence-corrected chi connectivity index (χ1v) is 13.7. The predicted octanol–water partition coefficient (Wildman–Crippen LogP) is 2.94. The van der Waals surface area contributed by atoms with E-state index in [4.69, 9.17) is 9.47 Å². The minimum atomic E-state index is -3.59. The van der Waals surface area contributed by atoms with E-state index in [-0.39, 0.29) is 5.91 Å². The number of aryl methyl sites for hydroxylation is 1. The minimum Gasteiger partial charge on any atom is -0.347 e. The van der Waals surface area contributed by atoms with Gasteiger partial charge in [0.25, 0.3) is 15.9 Å². The maximum atomic E-state index is 13.2. The van der Waals surface area contributed by atoms with Gasteiger partial charge in [-0.1, -0.05) is 0 Å². The Morgan fingerprint density at radius 1 is 1.13 bits per heavy atom. The van der Waals surface area contributed by atoms with Gasteiger partial charge in [-0.05, 0) is 25.8 Å². The molecule has 168 valence electrons. The maximum Gasteiger partial charge on any atom is 0.265 e. The molecule has 0 radical (unpaired) electrons. The van der Waals surface area contributed by atoms with Crippen LogP contribution >= 0.6 is 22.7 Å². The first kappa shape index (κ1) is 21.5. The van der Waals surface area contributed by atoms with Crippen molar-refractivity contribution in [2.75, 3.05) is 39.4 Å². The maximum absolute atomic E-state index is 13.2. The fourth-order valence-electron chi connectivity index (χ4n) is 4.33. The molecule has 0 aliphatic carbocycles. The summed E-state index contributed by atoms with van der Waals surface area (Å²) in [5, 5.41) is 2.49. The van der Waals surface area contributed by atoms with Gasteiger partial charge in [0.2, 0.25) is 0 Å². The number of hydrogen-bond acceptors (Lipinski definition) is 8. The first-order chi connectivity index (χ1) is 14.9. The minimum absolute atomic E-state index is 0.0282. The highest BCUT2D eigenvalue weighted by Crippen LogP contribution is 2.37. The van der Waals surface area contributed by atoms with Crippen LogP contribution in [0.3, 0.4) is 0 Å². The highest BCUT2D eigenvalue weighted by Gasteiger charge is 2.43. The summed E-state index contributed by atoms with van der Waals surface area (Å²) < 4.78 is 39.5. The molecule has 31 heavy (non-hydrogen) atoms. The lowest BCUT2D eigenvalue weighted by molar-refractivity contribution is -0.179. The molecule has 1 amide bonds. The number of aromatic nitrogens is 1. The van der Waals surface area contributed by atoms with Crippen LogP contribution < -0.4 is 0 Å². The van der Waals surface area contributed by atoms with Crippen LogP contribution in [0.2, 0.25) is 0 Å². The SMILES string of the molecule is Cc1nc(-c2csc(S(=O)(=O)N3CCC4(CC3)OCCO4)c2)sc1C(=O)N1CCCC1. The molecule has 0 N–H and O–H groups in total. The number of nitrogens with zero attached hydrogens (tertiary/aromatic N) is 3. The number of piperidine rings is 1. The van der Waals surface area contributed by atoms with E-state index >= 15 is 0 Å². The summed E-state index contributed by atoms with van der Waals surface area (Å²) in [6, 6.07) is 1.68. The van der Waals surface area contributed by atoms with E-state index in [0.717, 1.165) is 31.5 Å². The van der Waals surface area contributed by atoms with Gasteiger partial charge < -0.3 is 14.4 Å². The molecule has 0 aromatic carbocycles. The normalized spacial score (nSPS) is 21.9. The summed E-state index contributed by atoms with van der Waals surface area (Å²) in [7, 11) is -3.59. The van der Waals surface area contributed by atoms with E-state index in [1.807, 2.05) is 17.2 Å². The topological polar surface area (TPSA) is 89.0 Å². The summed E-state index contributed by atoms with van der Waals surface area (Å²) in [5.41, 5.74) is 1.44. The Balaban J connectivity index is 1.33. The van der Waals surface area contributed by atoms with Crippen LogP contribution in [0.4, 0.5) is 0 Å². The number of likely N-dealkylation sites (tertiary alicyclic amines) is 1. The van der Waals surface area contributed by atoms with E-state index in [9.17, 15) is 13.2 Å². The van der Waals surface area contributed by atoms with Gasteiger partial charge in [-0.3, -0.25) is 4.79 Å². The van der Waals surface area contributed by atoms with Crippen molar-refractivity contribution in [2.45, 2.75) is 42.6 Å². The van der Waals surface area contributed by atoms with Crippen molar-refractivity contribution in [1.29, 1.82) is 0 Å². The van der Waals surface area contributed by atoms with Gasteiger partial charge in [0.15, 0.2) is 5.79 Å². The molecule has 5 heterocycles. The summed E-state index contributed by atoms with van der Waals surface area (Å²) in [6.45, 7) is 5.30. The number of amides is 1. The number of hydrogen-bond donors (Lipinski definition) is 0. The Morgan fingerprint density at radius 3 is 2.48 bits per heavy atom. The van der Waals surface area contributed by atoms with Gasteiger partial charge in [0.05, 0.1) is 18.9 Å². The van der Waals surface area contributed by atoms with Gasteiger partial charge in [0, 0.05) is 50.0 Å². The van der Waals surface area contributed by atoms with Crippen molar-refractivity contribution in [3.8, 4) is 10.6 Å². The lowest BCUT2D eigenvalue weighted by Gasteiger charge is -2.36. The molecule has 0 atom stereocenters. The van der Waals surface area contributed by atoms with Crippen molar-refractivity contribution in [1.82, 2.24) is 14.2 Å². The molecular formula is C20H25N3O5S3. The quantitative estimate of drug-likeness (QED) is 0.664. The molecule has 2 aromatic heterocycles. The fourth-order valence-corrected chi connectivity index (χ4v) is 8.18. The van der Waals surface area contributed by atoms with Crippen LogP contribution in [0.1, 0.15) is 41.0 Å². The standard InChI is InChI=1S/C20H25N3O5S3/c1-14-17(19(24)22-6-2-3-7-22)30-18(21-14)15-12-16(29-13-15)31(25,26)23-8-4-20(5-9-23)27-10-11-28-20/h12-13H,2-11H2,1H3. The predicted molar refractivity (Wildman–Crippen MR) is 118 cm³/mol. The molecule has 2 aromatic rings. The Bertz CT molecular complexity index is 1070. The number of ether oxygens (including phenoxy) is 2. The smallest absolute Gasteiger partial charge is 0.265 e. The summed E-state index contributed by atoms with van der Waals surface area (Å²) in [5.74, 6) is -0.580. The van der Waals surface area contributed by atoms with Crippen molar-refractivity contribution < 1.29 is 22.7 Å². The van der Waals surface area contributed by atoms with E-state index in [2.05, 4.69) is 4.98 Å². The molecule has 3 fully saturated rings. The zero-order valence-electron chi connectivity index (χ0n) is 17.3. The molecule has 0 saturated carbocycles. The molecule has 0 bridgehead atoms. The zero-order valence-corrected chi connectivity index (χ0v) is 19.8. The van der Waals surface area contributed by atoms with Crippen molar-refractivity contribution in [3.63, 3.8) is 0 Å². The second-order valence-electron chi connectivity index (χ2n) is 8.10. The second kappa shape index (κ2) is 8.20. The second-order valence-corrected chi connectivity index (χ2v) is 12.2. The highest BCUT2D eigenvalue weighted by atomic mass is 32.2. The largest absolute Gasteiger partial charge is 0.347 e. The molecule has 11 heteroatoms. The van der Waals surface area contributed by atoms with Crippen LogP contribution in [0.15, 0.2) is 15.7 Å². The van der Waals surface area contributed by atoms with Gasteiger partial charge in [0.1, 0.15) is 14.1 Å². The first-order valence-electron chi connectivity index (χ1n) is 10.5. The molecule has 0 unspecified atom stereocenters. The Kier molecular flexibility index (Phi) is 5.68. The van der Waals surface area contributed by atoms with E-state index in [1.54, 1.807) is 6.07 Å². The third kappa shape index (κ3) is 3.96. The summed E-state index contributed by atoms with van der Waals surface area (Å²) in [6.07, 6.45) is 3.16. The molecular weight excluding hydrogens is 458 g/mol. The molecule has 5 rings (SSSR count). The van der Waals surface area contributed by atoms with Crippen LogP contribution in [-0.4, -0.2) is 73.7 Å². The molecule has 3 aliphatic heterocycles. The summed E-state index contributed by atoms with van der Waals surface area (Å²) in [4.78, 5) is 19.8. The summed E-state index contributed by atoms with van der Waals surface area (Å²) >= 11 is 2.54. The zero-order chi connectivity index (χ0) is 21.6. The van der Waals surface area contributed by atoms with Crippen LogP contribution in [0.5, 0.6) is 0 Å². The molecule has 8 nitrogen and oxygen atoms in total. The number of carbonyl (C=O) groups excluding carboxylic acids is 1. The Labute approximate surface area is 189 Å². The fraction of sp³-hybridized carbons (Fsp3) is 0.600. The van der Waals surface area contributed by atoms with Crippen LogP contribution in [-0.2, 0) is 19.5 Å². The number of sulfonamides is 1. The third-order valence-corrected chi connectivity index (χ3v) is 10.6. The lowest BCUT2D eigenvalue weighted by Crippen LogP contribution is -2.47. The van der Waals surface area contributed by atoms with E-state index < -0.39 is 15.8 Å². The van der Waals surface area contributed by atoms with Crippen molar-refractivity contribution in [3.05, 3.63) is 22.0 Å². The van der Waals surface area contributed by atoms with Crippen molar-refractivity contribution in [2.24, 2.45) is 0 Å².